The molecule has 0 aliphatic heterocycles. The zero-order valence-electron chi connectivity index (χ0n) is 15.0. The molecule has 10 heteroatoms. The van der Waals surface area contributed by atoms with Crippen LogP contribution in [0.4, 0.5) is 5.69 Å². The lowest BCUT2D eigenvalue weighted by molar-refractivity contribution is -0.384. The van der Waals surface area contributed by atoms with Gasteiger partial charge in [-0.25, -0.2) is 13.2 Å². The van der Waals surface area contributed by atoms with E-state index >= 15 is 0 Å². The van der Waals surface area contributed by atoms with Gasteiger partial charge in [0, 0.05) is 18.7 Å². The van der Waals surface area contributed by atoms with Gasteiger partial charge in [-0.3, -0.25) is 14.4 Å². The number of carbonyl (C=O) groups excluding carboxylic acids is 1. The molecule has 0 atom stereocenters. The molecule has 0 saturated carbocycles. The molecular weight excluding hydrogens is 452 g/mol. The fraction of sp³-hybridized carbons (Fsp3) is 0.167. The van der Waals surface area contributed by atoms with Crippen LogP contribution in [0, 0.1) is 10.1 Å². The van der Waals surface area contributed by atoms with Crippen molar-refractivity contribution >= 4 is 42.1 Å². The van der Waals surface area contributed by atoms with Crippen LogP contribution < -0.4 is 0 Å². The summed E-state index contributed by atoms with van der Waals surface area (Å²) in [5, 5.41) is 10.8. The highest BCUT2D eigenvalue weighted by Gasteiger charge is 2.32. The molecule has 2 rings (SSSR count). The highest BCUT2D eigenvalue weighted by molar-refractivity contribution is 9.15. The monoisotopic (exact) mass is 468 g/mol. The summed E-state index contributed by atoms with van der Waals surface area (Å²) < 4.78 is 32.2. The summed E-state index contributed by atoms with van der Waals surface area (Å²) in [6.07, 6.45) is 0. The molecule has 2 aromatic carbocycles. The van der Waals surface area contributed by atoms with E-state index in [2.05, 4.69) is 15.9 Å². The lowest BCUT2D eigenvalue weighted by Crippen LogP contribution is -2.34. The van der Waals surface area contributed by atoms with Crippen molar-refractivity contribution in [2.45, 2.75) is 11.8 Å². The van der Waals surface area contributed by atoms with Gasteiger partial charge >= 0.3 is 5.97 Å². The van der Waals surface area contributed by atoms with E-state index in [4.69, 9.17) is 4.74 Å². The Morgan fingerprint density at radius 2 is 1.71 bits per heavy atom. The van der Waals surface area contributed by atoms with Gasteiger partial charge in [-0.1, -0.05) is 30.3 Å². The highest BCUT2D eigenvalue weighted by atomic mass is 79.9. The van der Waals surface area contributed by atoms with E-state index in [0.717, 1.165) is 35.7 Å². The highest BCUT2D eigenvalue weighted by Crippen LogP contribution is 2.31. The molecule has 8 nitrogen and oxygen atoms in total. The van der Waals surface area contributed by atoms with Crippen LogP contribution in [-0.4, -0.2) is 37.3 Å². The summed E-state index contributed by atoms with van der Waals surface area (Å²) in [6, 6.07) is 13.1. The number of methoxy groups -OCH3 is 1. The van der Waals surface area contributed by atoms with E-state index in [1.807, 2.05) is 0 Å². The van der Waals surface area contributed by atoms with Crippen LogP contribution in [0.25, 0.3) is 4.48 Å². The number of likely N-dealkylation sites (N-methyl/N-ethyl adjacent to an activating group) is 1. The Bertz CT molecular complexity index is 1000. The largest absolute Gasteiger partial charge is 0.464 e. The van der Waals surface area contributed by atoms with Crippen LogP contribution >= 0.6 is 15.9 Å². The number of sulfonamides is 1. The summed E-state index contributed by atoms with van der Waals surface area (Å²) in [7, 11) is -3.03. The van der Waals surface area contributed by atoms with Crippen molar-refractivity contribution in [3.8, 4) is 0 Å². The Morgan fingerprint density at radius 1 is 1.14 bits per heavy atom. The van der Waals surface area contributed by atoms with Crippen molar-refractivity contribution < 1.29 is 22.9 Å². The Balaban J connectivity index is 2.63. The topological polar surface area (TPSA) is 107 Å². The van der Waals surface area contributed by atoms with Gasteiger partial charge in [-0.2, -0.15) is 0 Å². The molecule has 148 valence electrons. The third-order valence-electron chi connectivity index (χ3n) is 3.79. The first-order valence-electron chi connectivity index (χ1n) is 8.04. The van der Waals surface area contributed by atoms with Gasteiger partial charge in [-0.05, 0) is 40.5 Å². The number of esters is 1. The van der Waals surface area contributed by atoms with Crippen LogP contribution in [0.5, 0.6) is 0 Å². The Hall–Kier alpha value is -2.72. The molecule has 0 fully saturated rings. The van der Waals surface area contributed by atoms with Gasteiger partial charge in [-0.15, -0.1) is 0 Å². The molecule has 0 spiro atoms. The molecule has 0 bridgehead atoms. The number of nitrogens with zero attached hydrogens (tertiary/aromatic N) is 2. The summed E-state index contributed by atoms with van der Waals surface area (Å²) in [6.45, 7) is 1.50. The molecule has 0 aliphatic carbocycles. The van der Waals surface area contributed by atoms with Crippen LogP contribution in [0.2, 0.25) is 0 Å². The second kappa shape index (κ2) is 8.98. The average Bonchev–Trinajstić information content (AvgIpc) is 2.71. The van der Waals surface area contributed by atoms with E-state index in [1.54, 1.807) is 37.3 Å². The molecule has 0 amide bonds. The summed E-state index contributed by atoms with van der Waals surface area (Å²) in [4.78, 5) is 22.4. The number of benzene rings is 2. The zero-order chi connectivity index (χ0) is 20.9. The van der Waals surface area contributed by atoms with E-state index in [1.165, 1.54) is 0 Å². The molecule has 0 aliphatic rings. The molecule has 0 N–H and O–H groups in total. The van der Waals surface area contributed by atoms with Crippen molar-refractivity contribution in [1.82, 2.24) is 4.31 Å². The summed E-state index contributed by atoms with van der Waals surface area (Å²) in [5.41, 5.74) is 0.144. The van der Waals surface area contributed by atoms with Gasteiger partial charge in [0.1, 0.15) is 0 Å². The van der Waals surface area contributed by atoms with Gasteiger partial charge in [0.05, 0.1) is 21.4 Å². The maximum Gasteiger partial charge on any atom is 0.356 e. The quantitative estimate of drug-likeness (QED) is 0.266. The molecule has 0 radical (unpaired) electrons. The van der Waals surface area contributed by atoms with Crippen molar-refractivity contribution in [3.63, 3.8) is 0 Å². The average molecular weight is 469 g/mol. The number of non-ortho nitro benzene ring substituents is 1. The second-order valence-corrected chi connectivity index (χ2v) is 8.10. The molecular formula is C18H17BrN2O6S. The Kier molecular flexibility index (Phi) is 6.92. The maximum atomic E-state index is 13.1. The van der Waals surface area contributed by atoms with E-state index in [0.29, 0.717) is 5.56 Å². The lowest BCUT2D eigenvalue weighted by Gasteiger charge is -2.25. The molecule has 0 saturated heterocycles. The SMILES string of the molecule is CCN(/C(C(=O)OC)=C(\Br)c1ccccc1)S(=O)(=O)c1ccc([N+](=O)[O-])cc1. The number of rotatable bonds is 7. The molecule has 0 unspecified atom stereocenters. The van der Waals surface area contributed by atoms with Crippen molar-refractivity contribution in [2.75, 3.05) is 13.7 Å². The zero-order valence-corrected chi connectivity index (χ0v) is 17.4. The maximum absolute atomic E-state index is 13.1. The first kappa shape index (κ1) is 21.6. The first-order valence-corrected chi connectivity index (χ1v) is 10.3. The van der Waals surface area contributed by atoms with E-state index in [9.17, 15) is 23.3 Å². The first-order chi connectivity index (χ1) is 13.2. The normalized spacial score (nSPS) is 12.1. The van der Waals surface area contributed by atoms with E-state index in [-0.39, 0.29) is 27.3 Å². The fourth-order valence-corrected chi connectivity index (χ4v) is 4.67. The number of nitro benzene ring substituents is 1. The van der Waals surface area contributed by atoms with E-state index < -0.39 is 20.9 Å². The Morgan fingerprint density at radius 3 is 2.18 bits per heavy atom. The third kappa shape index (κ3) is 4.39. The number of halogens is 1. The van der Waals surface area contributed by atoms with Crippen LogP contribution in [-0.2, 0) is 19.6 Å². The molecule has 0 heterocycles. The van der Waals surface area contributed by atoms with Gasteiger partial charge in [0.15, 0.2) is 5.70 Å². The lowest BCUT2D eigenvalue weighted by atomic mass is 10.2. The number of carbonyl (C=O) groups is 1. The number of nitro groups is 1. The van der Waals surface area contributed by atoms with Gasteiger partial charge in [0.2, 0.25) is 0 Å². The van der Waals surface area contributed by atoms with Crippen LogP contribution in [0.3, 0.4) is 0 Å². The standard InChI is InChI=1S/C18H17BrN2O6S/c1-3-20(28(25,26)15-11-9-14(10-12-15)21(23)24)17(18(22)27-2)16(19)13-7-5-4-6-8-13/h4-12H,3H2,1-2H3/b17-16-. The number of hydrogen-bond donors (Lipinski definition) is 0. The number of ether oxygens (including phenoxy) is 1. The minimum absolute atomic E-state index is 0.0638. The van der Waals surface area contributed by atoms with Crippen molar-refractivity contribution in [3.05, 3.63) is 76.0 Å². The van der Waals surface area contributed by atoms with Crippen molar-refractivity contribution in [2.24, 2.45) is 0 Å². The predicted octanol–water partition coefficient (Wildman–Crippen LogP) is 3.54. The predicted molar refractivity (Wildman–Crippen MR) is 107 cm³/mol. The summed E-state index contributed by atoms with van der Waals surface area (Å²) >= 11 is 3.31. The third-order valence-corrected chi connectivity index (χ3v) is 6.51. The summed E-state index contributed by atoms with van der Waals surface area (Å²) in [5.74, 6) is -0.844. The van der Waals surface area contributed by atoms with Crippen LogP contribution in [0.15, 0.2) is 65.2 Å². The van der Waals surface area contributed by atoms with Crippen molar-refractivity contribution in [1.29, 1.82) is 0 Å². The minimum atomic E-state index is -4.18. The smallest absolute Gasteiger partial charge is 0.356 e. The number of hydrogen-bond acceptors (Lipinski definition) is 6. The van der Waals surface area contributed by atoms with Gasteiger partial charge in [0.25, 0.3) is 15.7 Å². The Labute approximate surface area is 170 Å². The molecule has 28 heavy (non-hydrogen) atoms. The molecule has 0 aromatic heterocycles. The molecule has 2 aromatic rings. The minimum Gasteiger partial charge on any atom is -0.464 e. The van der Waals surface area contributed by atoms with Crippen LogP contribution in [0.1, 0.15) is 12.5 Å². The van der Waals surface area contributed by atoms with Gasteiger partial charge < -0.3 is 4.74 Å². The fourth-order valence-electron chi connectivity index (χ4n) is 2.43. The second-order valence-electron chi connectivity index (χ2n) is 5.44.